The molecular formula is C18H21N3O5S. The first-order valence-corrected chi connectivity index (χ1v) is 9.12. The van der Waals surface area contributed by atoms with Crippen molar-refractivity contribution < 1.29 is 23.7 Å². The van der Waals surface area contributed by atoms with Crippen molar-refractivity contribution >= 4 is 23.2 Å². The molecule has 0 radical (unpaired) electrons. The zero-order valence-corrected chi connectivity index (χ0v) is 16.0. The topological polar surface area (TPSA) is 81.3 Å². The molecule has 1 atom stereocenters. The number of fused-ring (bicyclic) bond motifs is 1. The Kier molecular flexibility index (Phi) is 4.79. The van der Waals surface area contributed by atoms with Crippen molar-refractivity contribution in [3.8, 4) is 17.2 Å². The molecule has 2 N–H and O–H groups in total. The van der Waals surface area contributed by atoms with E-state index >= 15 is 0 Å². The number of hydrogen-bond donors (Lipinski definition) is 2. The number of nitrogens with one attached hydrogen (secondary N) is 2. The number of carbonyl (C=O) groups is 1. The number of thiocarbonyl (C=S) groups is 1. The molecule has 9 heteroatoms. The highest BCUT2D eigenvalue weighted by Gasteiger charge is 2.34. The van der Waals surface area contributed by atoms with E-state index in [0.29, 0.717) is 54.2 Å². The lowest BCUT2D eigenvalue weighted by Crippen LogP contribution is -2.49. The van der Waals surface area contributed by atoms with Gasteiger partial charge in [-0.15, -0.1) is 0 Å². The normalized spacial score (nSPS) is 21.6. The van der Waals surface area contributed by atoms with Gasteiger partial charge in [0.2, 0.25) is 12.5 Å². The largest absolute Gasteiger partial charge is 0.493 e. The van der Waals surface area contributed by atoms with Gasteiger partial charge in [0.05, 0.1) is 31.9 Å². The summed E-state index contributed by atoms with van der Waals surface area (Å²) in [6.45, 7) is 4.22. The Balaban J connectivity index is 1.74. The van der Waals surface area contributed by atoms with Gasteiger partial charge >= 0.3 is 0 Å². The molecule has 1 fully saturated rings. The van der Waals surface area contributed by atoms with E-state index in [1.165, 1.54) is 0 Å². The van der Waals surface area contributed by atoms with Crippen molar-refractivity contribution in [1.29, 1.82) is 0 Å². The van der Waals surface area contributed by atoms with E-state index in [2.05, 4.69) is 10.6 Å². The standard InChI is InChI=1S/C18H21N3O5S/c1-10-14(17(22)21-3-5-24-6-4-21)15(20-18(27)19-10)11-7-12(23-2)16-13(8-11)25-9-26-16/h7-8,15H,3-6,9H2,1-2H3,(H2,19,20,27). The first-order valence-electron chi connectivity index (χ1n) is 8.71. The molecule has 1 saturated heterocycles. The van der Waals surface area contributed by atoms with Crippen molar-refractivity contribution in [2.45, 2.75) is 13.0 Å². The third kappa shape index (κ3) is 3.28. The Morgan fingerprint density at radius 3 is 2.81 bits per heavy atom. The fourth-order valence-electron chi connectivity index (χ4n) is 3.48. The molecule has 0 aromatic heterocycles. The zero-order valence-electron chi connectivity index (χ0n) is 15.2. The predicted octanol–water partition coefficient (Wildman–Crippen LogP) is 1.08. The van der Waals surface area contributed by atoms with Crippen molar-refractivity contribution in [3.05, 3.63) is 29.0 Å². The second-order valence-electron chi connectivity index (χ2n) is 6.43. The van der Waals surface area contributed by atoms with Crippen LogP contribution in [0.4, 0.5) is 0 Å². The number of rotatable bonds is 3. The third-order valence-electron chi connectivity index (χ3n) is 4.81. The quantitative estimate of drug-likeness (QED) is 0.741. The number of ether oxygens (including phenoxy) is 4. The van der Waals surface area contributed by atoms with Crippen LogP contribution in [0, 0.1) is 0 Å². The fraction of sp³-hybridized carbons (Fsp3) is 0.444. The monoisotopic (exact) mass is 391 g/mol. The highest BCUT2D eigenvalue weighted by Crippen LogP contribution is 2.44. The molecule has 0 saturated carbocycles. The average Bonchev–Trinajstić information content (AvgIpc) is 3.15. The van der Waals surface area contributed by atoms with E-state index in [9.17, 15) is 4.79 Å². The molecule has 144 valence electrons. The molecule has 1 unspecified atom stereocenters. The highest BCUT2D eigenvalue weighted by atomic mass is 32.1. The summed E-state index contributed by atoms with van der Waals surface area (Å²) in [5.41, 5.74) is 2.17. The summed E-state index contributed by atoms with van der Waals surface area (Å²) < 4.78 is 21.8. The van der Waals surface area contributed by atoms with E-state index in [0.717, 1.165) is 11.3 Å². The number of hydrogen-bond acceptors (Lipinski definition) is 6. The fourth-order valence-corrected chi connectivity index (χ4v) is 3.75. The smallest absolute Gasteiger partial charge is 0.254 e. The van der Waals surface area contributed by atoms with Crippen LogP contribution >= 0.6 is 12.2 Å². The summed E-state index contributed by atoms with van der Waals surface area (Å²) in [7, 11) is 1.57. The van der Waals surface area contributed by atoms with E-state index < -0.39 is 6.04 Å². The van der Waals surface area contributed by atoms with Crippen LogP contribution in [0.2, 0.25) is 0 Å². The van der Waals surface area contributed by atoms with Crippen LogP contribution in [0.5, 0.6) is 17.2 Å². The van der Waals surface area contributed by atoms with E-state index in [1.54, 1.807) is 12.0 Å². The van der Waals surface area contributed by atoms with E-state index in [1.807, 2.05) is 19.1 Å². The first kappa shape index (κ1) is 17.9. The molecular weight excluding hydrogens is 370 g/mol. The number of allylic oxidation sites excluding steroid dienone is 1. The summed E-state index contributed by atoms with van der Waals surface area (Å²) in [6.07, 6.45) is 0. The molecule has 8 nitrogen and oxygen atoms in total. The minimum absolute atomic E-state index is 0.0417. The van der Waals surface area contributed by atoms with Crippen LogP contribution in [0.1, 0.15) is 18.5 Å². The van der Waals surface area contributed by atoms with Crippen LogP contribution in [-0.2, 0) is 9.53 Å². The van der Waals surface area contributed by atoms with Crippen molar-refractivity contribution in [2.24, 2.45) is 0 Å². The van der Waals surface area contributed by atoms with Gasteiger partial charge in [0, 0.05) is 18.8 Å². The highest BCUT2D eigenvalue weighted by molar-refractivity contribution is 7.80. The molecule has 3 aliphatic heterocycles. The number of methoxy groups -OCH3 is 1. The molecule has 0 aliphatic carbocycles. The number of morpholine rings is 1. The van der Waals surface area contributed by atoms with Crippen LogP contribution in [0.3, 0.4) is 0 Å². The molecule has 1 aromatic carbocycles. The van der Waals surface area contributed by atoms with E-state index in [-0.39, 0.29) is 12.7 Å². The van der Waals surface area contributed by atoms with Crippen LogP contribution in [0.15, 0.2) is 23.4 Å². The summed E-state index contributed by atoms with van der Waals surface area (Å²) in [4.78, 5) is 15.0. The Hall–Kier alpha value is -2.52. The Bertz CT molecular complexity index is 819. The van der Waals surface area contributed by atoms with Crippen molar-refractivity contribution in [3.63, 3.8) is 0 Å². The number of amides is 1. The first-order chi connectivity index (χ1) is 13.1. The second-order valence-corrected chi connectivity index (χ2v) is 6.84. The minimum Gasteiger partial charge on any atom is -0.493 e. The maximum absolute atomic E-state index is 13.2. The predicted molar refractivity (Wildman–Crippen MR) is 101 cm³/mol. The van der Waals surface area contributed by atoms with Gasteiger partial charge in [-0.1, -0.05) is 0 Å². The number of carbonyl (C=O) groups excluding carboxylic acids is 1. The molecule has 27 heavy (non-hydrogen) atoms. The maximum atomic E-state index is 13.2. The molecule has 0 bridgehead atoms. The number of nitrogens with zero attached hydrogens (tertiary/aromatic N) is 1. The summed E-state index contributed by atoms with van der Waals surface area (Å²) in [6, 6.07) is 3.28. The summed E-state index contributed by atoms with van der Waals surface area (Å²) >= 11 is 5.33. The molecule has 3 aliphatic rings. The van der Waals surface area contributed by atoms with Crippen molar-refractivity contribution in [2.75, 3.05) is 40.2 Å². The van der Waals surface area contributed by atoms with Gasteiger partial charge in [0.1, 0.15) is 0 Å². The van der Waals surface area contributed by atoms with Crippen LogP contribution in [0.25, 0.3) is 0 Å². The average molecular weight is 391 g/mol. The Morgan fingerprint density at radius 1 is 1.30 bits per heavy atom. The van der Waals surface area contributed by atoms with Gasteiger partial charge in [0.15, 0.2) is 16.6 Å². The van der Waals surface area contributed by atoms with Gasteiger partial charge in [-0.05, 0) is 36.8 Å². The van der Waals surface area contributed by atoms with Gasteiger partial charge < -0.3 is 34.5 Å². The Labute approximate surface area is 162 Å². The van der Waals surface area contributed by atoms with Crippen LogP contribution in [-0.4, -0.2) is 56.1 Å². The van der Waals surface area contributed by atoms with Gasteiger partial charge in [-0.2, -0.15) is 0 Å². The van der Waals surface area contributed by atoms with Crippen LogP contribution < -0.4 is 24.8 Å². The third-order valence-corrected chi connectivity index (χ3v) is 5.03. The van der Waals surface area contributed by atoms with Gasteiger partial charge in [-0.25, -0.2) is 0 Å². The SMILES string of the molecule is COc1cc(C2NC(=S)NC(C)=C2C(=O)N2CCOCC2)cc2c1OCO2. The number of benzene rings is 1. The molecule has 3 heterocycles. The molecule has 1 amide bonds. The van der Waals surface area contributed by atoms with Gasteiger partial charge in [0.25, 0.3) is 5.91 Å². The molecule has 4 rings (SSSR count). The Morgan fingerprint density at radius 2 is 2.07 bits per heavy atom. The summed E-state index contributed by atoms with van der Waals surface area (Å²) in [5, 5.41) is 6.74. The lowest BCUT2D eigenvalue weighted by atomic mass is 9.93. The van der Waals surface area contributed by atoms with E-state index in [4.69, 9.17) is 31.2 Å². The van der Waals surface area contributed by atoms with Gasteiger partial charge in [-0.3, -0.25) is 4.79 Å². The lowest BCUT2D eigenvalue weighted by molar-refractivity contribution is -0.131. The molecule has 1 aromatic rings. The second kappa shape index (κ2) is 7.24. The van der Waals surface area contributed by atoms with Crippen molar-refractivity contribution in [1.82, 2.24) is 15.5 Å². The minimum atomic E-state index is -0.419. The maximum Gasteiger partial charge on any atom is 0.254 e. The lowest BCUT2D eigenvalue weighted by Gasteiger charge is -2.35. The zero-order chi connectivity index (χ0) is 19.0. The summed E-state index contributed by atoms with van der Waals surface area (Å²) in [5.74, 6) is 1.67. The molecule has 0 spiro atoms.